The molecule has 0 saturated carbocycles. The van der Waals surface area contributed by atoms with Gasteiger partial charge in [0, 0.05) is 25.9 Å². The van der Waals surface area contributed by atoms with E-state index in [1.54, 1.807) is 24.3 Å². The lowest BCUT2D eigenvalue weighted by Crippen LogP contribution is -2.59. The minimum absolute atomic E-state index is 0.00229. The number of hydrogen-bond acceptors (Lipinski definition) is 6. The van der Waals surface area contributed by atoms with Crippen molar-refractivity contribution in [2.24, 2.45) is 0 Å². The molecule has 0 radical (unpaired) electrons. The summed E-state index contributed by atoms with van der Waals surface area (Å²) < 4.78 is 30.8. The maximum Gasteiger partial charge on any atom is 0.292 e. The second-order valence-corrected chi connectivity index (χ2v) is 8.49. The van der Waals surface area contributed by atoms with Crippen molar-refractivity contribution in [3.05, 3.63) is 84.0 Å². The third-order valence-electron chi connectivity index (χ3n) is 6.47. The molecule has 1 atom stereocenters. The highest BCUT2D eigenvalue weighted by molar-refractivity contribution is 5.97. The van der Waals surface area contributed by atoms with Crippen molar-refractivity contribution in [3.63, 3.8) is 0 Å². The highest BCUT2D eigenvalue weighted by atomic mass is 19.1. The lowest BCUT2D eigenvalue weighted by molar-refractivity contribution is -0.128. The van der Waals surface area contributed by atoms with Gasteiger partial charge in [0.15, 0.2) is 5.76 Å². The molecule has 2 saturated heterocycles. The Bertz CT molecular complexity index is 1200. The first-order valence-electron chi connectivity index (χ1n) is 11.3. The van der Waals surface area contributed by atoms with Crippen molar-refractivity contribution in [2.75, 3.05) is 19.7 Å². The Kier molecular flexibility index (Phi) is 6.12. The number of nitrogens with one attached hydrogen (secondary N) is 1. The van der Waals surface area contributed by atoms with Gasteiger partial charge in [-0.15, -0.1) is 0 Å². The summed E-state index contributed by atoms with van der Waals surface area (Å²) in [5, 5.41) is 2.79. The predicted octanol–water partition coefficient (Wildman–Crippen LogP) is 2.80. The van der Waals surface area contributed by atoms with Crippen LogP contribution in [0.2, 0.25) is 0 Å². The van der Waals surface area contributed by atoms with Crippen LogP contribution in [-0.2, 0) is 16.1 Å². The Hall–Kier alpha value is -3.92. The number of halogens is 1. The van der Waals surface area contributed by atoms with E-state index in [-0.39, 0.29) is 56.3 Å². The third kappa shape index (κ3) is 4.32. The van der Waals surface area contributed by atoms with Gasteiger partial charge in [-0.2, -0.15) is 0 Å². The molecule has 2 aliphatic rings. The molecule has 3 amide bonds. The number of hydrogen-bond donors (Lipinski definition) is 1. The van der Waals surface area contributed by atoms with Gasteiger partial charge in [0.2, 0.25) is 5.91 Å². The van der Waals surface area contributed by atoms with Crippen LogP contribution in [0, 0.1) is 5.82 Å². The Labute approximate surface area is 200 Å². The molecule has 9 nitrogen and oxygen atoms in total. The van der Waals surface area contributed by atoms with Crippen LogP contribution in [0.25, 0.3) is 0 Å². The molecule has 3 aromatic rings. The van der Waals surface area contributed by atoms with Crippen LogP contribution >= 0.6 is 0 Å². The fourth-order valence-corrected chi connectivity index (χ4v) is 4.66. The van der Waals surface area contributed by atoms with Gasteiger partial charge in [-0.3, -0.25) is 19.3 Å². The number of ether oxygens (including phenoxy) is 1. The van der Waals surface area contributed by atoms with E-state index in [4.69, 9.17) is 13.6 Å². The largest absolute Gasteiger partial charge is 0.467 e. The zero-order valence-corrected chi connectivity index (χ0v) is 18.8. The fraction of sp³-hybridized carbons (Fsp3) is 0.320. The van der Waals surface area contributed by atoms with Gasteiger partial charge in [-0.05, 0) is 36.4 Å². The van der Waals surface area contributed by atoms with E-state index in [0.29, 0.717) is 5.76 Å². The number of amides is 3. The first-order valence-corrected chi connectivity index (χ1v) is 11.3. The Morgan fingerprint density at radius 1 is 0.971 bits per heavy atom. The van der Waals surface area contributed by atoms with E-state index >= 15 is 0 Å². The molecule has 2 aromatic heterocycles. The monoisotopic (exact) mass is 481 g/mol. The predicted molar refractivity (Wildman–Crippen MR) is 119 cm³/mol. The normalized spacial score (nSPS) is 19.2. The van der Waals surface area contributed by atoms with E-state index in [1.807, 2.05) is 0 Å². The van der Waals surface area contributed by atoms with Crippen molar-refractivity contribution in [3.8, 4) is 0 Å². The van der Waals surface area contributed by atoms with E-state index in [9.17, 15) is 18.8 Å². The van der Waals surface area contributed by atoms with E-state index in [1.165, 1.54) is 46.6 Å². The van der Waals surface area contributed by atoms with E-state index in [0.717, 1.165) is 0 Å². The molecular weight excluding hydrogens is 457 g/mol. The Morgan fingerprint density at radius 3 is 2.40 bits per heavy atom. The first-order chi connectivity index (χ1) is 17.0. The molecule has 0 unspecified atom stereocenters. The molecule has 1 spiro atoms. The SMILES string of the molecule is O=C(NCc1ccco1)[C@@H]1COC2(CCN(C(=O)c3ccccc3F)CC2)N1C(=O)c1ccco1. The molecule has 0 bridgehead atoms. The van der Waals surface area contributed by atoms with Crippen LogP contribution in [0.3, 0.4) is 0 Å². The van der Waals surface area contributed by atoms with Gasteiger partial charge in [-0.1, -0.05) is 12.1 Å². The molecule has 2 aliphatic heterocycles. The molecule has 2 fully saturated rings. The second-order valence-electron chi connectivity index (χ2n) is 8.49. The average molecular weight is 481 g/mol. The van der Waals surface area contributed by atoms with Crippen molar-refractivity contribution >= 4 is 17.7 Å². The van der Waals surface area contributed by atoms with Crippen LogP contribution in [0.1, 0.15) is 39.5 Å². The number of likely N-dealkylation sites (tertiary alicyclic amines) is 1. The van der Waals surface area contributed by atoms with Crippen LogP contribution in [0.5, 0.6) is 0 Å². The minimum Gasteiger partial charge on any atom is -0.467 e. The van der Waals surface area contributed by atoms with Crippen LogP contribution < -0.4 is 5.32 Å². The van der Waals surface area contributed by atoms with Gasteiger partial charge in [0.1, 0.15) is 23.3 Å². The van der Waals surface area contributed by atoms with E-state index in [2.05, 4.69) is 5.32 Å². The Morgan fingerprint density at radius 2 is 1.71 bits per heavy atom. The van der Waals surface area contributed by atoms with E-state index < -0.39 is 29.4 Å². The molecule has 5 rings (SSSR count). The number of rotatable bonds is 5. The van der Waals surface area contributed by atoms with Gasteiger partial charge < -0.3 is 23.8 Å². The van der Waals surface area contributed by atoms with Crippen molar-refractivity contribution < 1.29 is 32.3 Å². The summed E-state index contributed by atoms with van der Waals surface area (Å²) in [6.07, 6.45) is 3.43. The average Bonchev–Trinajstić information content (AvgIpc) is 3.65. The molecule has 0 aliphatic carbocycles. The maximum atomic E-state index is 14.1. The van der Waals surface area contributed by atoms with Crippen LogP contribution in [0.4, 0.5) is 4.39 Å². The topological polar surface area (TPSA) is 105 Å². The number of piperidine rings is 1. The molecule has 10 heteroatoms. The highest BCUT2D eigenvalue weighted by Crippen LogP contribution is 2.39. The van der Waals surface area contributed by atoms with Crippen molar-refractivity contribution in [1.82, 2.24) is 15.1 Å². The summed E-state index contributed by atoms with van der Waals surface area (Å²) in [6, 6.07) is 11.5. The van der Waals surface area contributed by atoms with Gasteiger partial charge in [0.25, 0.3) is 11.8 Å². The summed E-state index contributed by atoms with van der Waals surface area (Å²) in [7, 11) is 0. The lowest BCUT2D eigenvalue weighted by atomic mass is 9.96. The standard InChI is InChI=1S/C25H24FN3O6/c26-19-7-2-1-6-18(19)23(31)28-11-9-25(10-12-28)29(24(32)21-8-4-14-34-21)20(16-35-25)22(30)27-15-17-5-3-13-33-17/h1-8,13-14,20H,9-12,15-16H2,(H,27,30)/t20-/m0/s1. The second kappa shape index (κ2) is 9.38. The van der Waals surface area contributed by atoms with Crippen LogP contribution in [-0.4, -0.2) is 59.0 Å². The summed E-state index contributed by atoms with van der Waals surface area (Å²) in [5.74, 6) is -1.20. The van der Waals surface area contributed by atoms with Gasteiger partial charge in [-0.25, -0.2) is 4.39 Å². The molecule has 4 heterocycles. The number of benzene rings is 1. The van der Waals surface area contributed by atoms with Crippen molar-refractivity contribution in [2.45, 2.75) is 31.2 Å². The fourth-order valence-electron chi connectivity index (χ4n) is 4.66. The van der Waals surface area contributed by atoms with Gasteiger partial charge >= 0.3 is 0 Å². The summed E-state index contributed by atoms with van der Waals surface area (Å²) in [5.41, 5.74) is -1.10. The summed E-state index contributed by atoms with van der Waals surface area (Å²) in [6.45, 7) is 0.631. The molecule has 182 valence electrons. The van der Waals surface area contributed by atoms with Crippen molar-refractivity contribution in [1.29, 1.82) is 0 Å². The molecule has 1 N–H and O–H groups in total. The maximum absolute atomic E-state index is 14.1. The molecule has 35 heavy (non-hydrogen) atoms. The lowest BCUT2D eigenvalue weighted by Gasteiger charge is -2.44. The number of nitrogens with zero attached hydrogens (tertiary/aromatic N) is 2. The number of carbonyl (C=O) groups excluding carboxylic acids is 3. The molecule has 1 aromatic carbocycles. The first kappa shape index (κ1) is 22.9. The van der Waals surface area contributed by atoms with Gasteiger partial charge in [0.05, 0.1) is 31.2 Å². The zero-order chi connectivity index (χ0) is 24.4. The summed E-state index contributed by atoms with van der Waals surface area (Å²) >= 11 is 0. The smallest absolute Gasteiger partial charge is 0.292 e. The number of furan rings is 2. The highest BCUT2D eigenvalue weighted by Gasteiger charge is 2.54. The minimum atomic E-state index is -1.09. The molecular formula is C25H24FN3O6. The summed E-state index contributed by atoms with van der Waals surface area (Å²) in [4.78, 5) is 42.3. The quantitative estimate of drug-likeness (QED) is 0.601. The Balaban J connectivity index is 1.34. The zero-order valence-electron chi connectivity index (χ0n) is 18.8. The third-order valence-corrected chi connectivity index (χ3v) is 6.47. The number of carbonyl (C=O) groups is 3. The van der Waals surface area contributed by atoms with Crippen LogP contribution in [0.15, 0.2) is 69.9 Å².